The summed E-state index contributed by atoms with van der Waals surface area (Å²) in [7, 11) is 1.47. The van der Waals surface area contributed by atoms with Crippen molar-refractivity contribution in [3.05, 3.63) is 54.9 Å². The number of amides is 1. The Kier molecular flexibility index (Phi) is 8.99. The van der Waals surface area contributed by atoms with Crippen LogP contribution in [0.1, 0.15) is 13.8 Å². The van der Waals surface area contributed by atoms with Crippen LogP contribution in [0.25, 0.3) is 5.69 Å². The third-order valence-electron chi connectivity index (χ3n) is 4.77. The molecule has 2 heterocycles. The lowest BCUT2D eigenvalue weighted by Gasteiger charge is -2.24. The molecular weight excluding hydrogens is 515 g/mol. The highest BCUT2D eigenvalue weighted by molar-refractivity contribution is 8.01. The van der Waals surface area contributed by atoms with E-state index in [9.17, 15) is 18.8 Å². The number of methoxy groups -OCH3 is 1. The molecule has 0 aliphatic rings. The van der Waals surface area contributed by atoms with E-state index in [0.29, 0.717) is 14.0 Å². The Morgan fingerprint density at radius 1 is 1.34 bits per heavy atom. The van der Waals surface area contributed by atoms with Gasteiger partial charge in [-0.3, -0.25) is 19.1 Å². The number of halogens is 1. The first-order valence-electron chi connectivity index (χ1n) is 10.5. The number of carbonyl (C=O) groups excluding carboxylic acids is 1. The van der Waals surface area contributed by atoms with Crippen molar-refractivity contribution >= 4 is 52.7 Å². The molecular formula is C21H25FN6O4S3. The van der Waals surface area contributed by atoms with Gasteiger partial charge in [0.25, 0.3) is 5.56 Å². The van der Waals surface area contributed by atoms with Crippen LogP contribution in [0, 0.1) is 15.7 Å². The minimum Gasteiger partial charge on any atom is -0.383 e. The topological polar surface area (TPSA) is 128 Å². The molecule has 14 heteroatoms. The van der Waals surface area contributed by atoms with E-state index in [1.54, 1.807) is 12.1 Å². The number of aromatic nitrogens is 4. The van der Waals surface area contributed by atoms with Gasteiger partial charge in [0.15, 0.2) is 14.0 Å². The fourth-order valence-corrected chi connectivity index (χ4v) is 5.43. The molecule has 0 bridgehead atoms. The number of aromatic amines is 1. The first-order valence-corrected chi connectivity index (χ1v) is 12.7. The summed E-state index contributed by atoms with van der Waals surface area (Å²) >= 11 is 7.69. The SMILES string of the molecule is COCCN(C(=O)CSc1nn(-c2ccc(F)cc2)c(=S)s1)c1c(N)n(CC(C)C)c(=O)[nH]c1=O. The quantitative estimate of drug-likeness (QED) is 0.297. The van der Waals surface area contributed by atoms with Crippen molar-refractivity contribution in [3.63, 3.8) is 0 Å². The number of carbonyl (C=O) groups is 1. The van der Waals surface area contributed by atoms with Gasteiger partial charge in [0.2, 0.25) is 5.91 Å². The van der Waals surface area contributed by atoms with Gasteiger partial charge in [-0.1, -0.05) is 36.9 Å². The fourth-order valence-electron chi connectivity index (χ4n) is 3.19. The molecule has 0 radical (unpaired) electrons. The van der Waals surface area contributed by atoms with Crippen molar-refractivity contribution in [1.82, 2.24) is 19.3 Å². The van der Waals surface area contributed by atoms with Crippen LogP contribution in [-0.2, 0) is 16.1 Å². The maximum Gasteiger partial charge on any atom is 0.330 e. The van der Waals surface area contributed by atoms with E-state index in [1.807, 2.05) is 13.8 Å². The van der Waals surface area contributed by atoms with E-state index in [-0.39, 0.29) is 48.7 Å². The number of hydrogen-bond donors (Lipinski definition) is 2. The summed E-state index contributed by atoms with van der Waals surface area (Å²) in [5.74, 6) is -0.873. The molecule has 3 rings (SSSR count). The number of hydrogen-bond acceptors (Lipinski definition) is 9. The van der Waals surface area contributed by atoms with Crippen molar-refractivity contribution in [2.45, 2.75) is 24.7 Å². The monoisotopic (exact) mass is 540 g/mol. The van der Waals surface area contributed by atoms with Gasteiger partial charge in [-0.15, -0.1) is 5.10 Å². The Bertz CT molecular complexity index is 1360. The predicted octanol–water partition coefficient (Wildman–Crippen LogP) is 2.66. The number of H-pyrrole nitrogens is 1. The number of ether oxygens (including phenoxy) is 1. The van der Waals surface area contributed by atoms with E-state index in [4.69, 9.17) is 22.7 Å². The van der Waals surface area contributed by atoms with Crippen LogP contribution >= 0.6 is 35.3 Å². The molecule has 0 aliphatic carbocycles. The van der Waals surface area contributed by atoms with Gasteiger partial charge in [-0.2, -0.15) is 0 Å². The summed E-state index contributed by atoms with van der Waals surface area (Å²) in [5, 5.41) is 4.41. The van der Waals surface area contributed by atoms with E-state index in [1.165, 1.54) is 44.7 Å². The summed E-state index contributed by atoms with van der Waals surface area (Å²) in [6, 6.07) is 5.72. The molecule has 0 saturated heterocycles. The van der Waals surface area contributed by atoms with Gasteiger partial charge in [0, 0.05) is 20.2 Å². The average molecular weight is 541 g/mol. The van der Waals surface area contributed by atoms with Crippen molar-refractivity contribution in [2.24, 2.45) is 5.92 Å². The van der Waals surface area contributed by atoms with Crippen molar-refractivity contribution in [3.8, 4) is 5.69 Å². The molecule has 1 amide bonds. The van der Waals surface area contributed by atoms with Gasteiger partial charge in [0.1, 0.15) is 11.6 Å². The Morgan fingerprint density at radius 3 is 2.66 bits per heavy atom. The first kappa shape index (κ1) is 26.8. The second-order valence-corrected chi connectivity index (χ2v) is 10.7. The number of nitrogens with two attached hydrogens (primary N) is 1. The van der Waals surface area contributed by atoms with E-state index >= 15 is 0 Å². The second-order valence-electron chi connectivity index (χ2n) is 7.85. The fraction of sp³-hybridized carbons (Fsp3) is 0.381. The standard InChI is InChI=1S/C21H25FN6O4S3/c1-12(2)10-27-17(23)16(18(30)24-19(27)31)26(8-9-32-3)15(29)11-34-20-25-28(21(33)35-20)14-6-4-13(22)5-7-14/h4-7,12H,8-11,23H2,1-3H3,(H,24,30,31). The Balaban J connectivity index is 1.87. The lowest BCUT2D eigenvalue weighted by molar-refractivity contribution is -0.116. The maximum absolute atomic E-state index is 13.2. The third-order valence-corrected chi connectivity index (χ3v) is 7.12. The van der Waals surface area contributed by atoms with Crippen LogP contribution in [-0.4, -0.2) is 51.3 Å². The Morgan fingerprint density at radius 2 is 2.03 bits per heavy atom. The number of rotatable bonds is 10. The van der Waals surface area contributed by atoms with Gasteiger partial charge >= 0.3 is 5.69 Å². The molecule has 188 valence electrons. The van der Waals surface area contributed by atoms with Gasteiger partial charge in [-0.25, -0.2) is 13.9 Å². The summed E-state index contributed by atoms with van der Waals surface area (Å²) in [6.45, 7) is 4.29. The zero-order valence-electron chi connectivity index (χ0n) is 19.3. The molecule has 1 aromatic carbocycles. The van der Waals surface area contributed by atoms with Crippen LogP contribution in [0.4, 0.5) is 15.9 Å². The number of nitrogens with one attached hydrogen (secondary N) is 1. The molecule has 2 aromatic heterocycles. The maximum atomic E-state index is 13.2. The summed E-state index contributed by atoms with van der Waals surface area (Å²) < 4.78 is 22.0. The average Bonchev–Trinajstić information content (AvgIpc) is 3.18. The zero-order chi connectivity index (χ0) is 25.7. The van der Waals surface area contributed by atoms with Gasteiger partial charge in [-0.05, 0) is 42.4 Å². The number of nitrogens with zero attached hydrogens (tertiary/aromatic N) is 4. The highest BCUT2D eigenvalue weighted by atomic mass is 32.2. The molecule has 35 heavy (non-hydrogen) atoms. The van der Waals surface area contributed by atoms with E-state index in [2.05, 4.69) is 10.1 Å². The minimum atomic E-state index is -0.752. The summed E-state index contributed by atoms with van der Waals surface area (Å²) in [6.07, 6.45) is 0. The predicted molar refractivity (Wildman–Crippen MR) is 138 cm³/mol. The summed E-state index contributed by atoms with van der Waals surface area (Å²) in [4.78, 5) is 41.6. The molecule has 0 fully saturated rings. The summed E-state index contributed by atoms with van der Waals surface area (Å²) in [5.41, 5.74) is 5.31. The highest BCUT2D eigenvalue weighted by Crippen LogP contribution is 2.26. The molecule has 3 N–H and O–H groups in total. The van der Waals surface area contributed by atoms with Crippen LogP contribution in [0.3, 0.4) is 0 Å². The molecule has 10 nitrogen and oxygen atoms in total. The number of anilines is 2. The molecule has 0 spiro atoms. The third kappa shape index (κ3) is 6.45. The van der Waals surface area contributed by atoms with Gasteiger partial charge in [0.05, 0.1) is 18.0 Å². The van der Waals surface area contributed by atoms with Gasteiger partial charge < -0.3 is 15.4 Å². The van der Waals surface area contributed by atoms with Crippen molar-refractivity contribution in [2.75, 3.05) is 36.6 Å². The lowest BCUT2D eigenvalue weighted by Crippen LogP contribution is -2.43. The molecule has 0 aliphatic heterocycles. The highest BCUT2D eigenvalue weighted by Gasteiger charge is 2.25. The molecule has 0 atom stereocenters. The number of benzene rings is 1. The number of nitrogen functional groups attached to an aromatic ring is 1. The van der Waals surface area contributed by atoms with Crippen LogP contribution in [0.2, 0.25) is 0 Å². The number of thioether (sulfide) groups is 1. The Labute approximate surface area is 213 Å². The van der Waals surface area contributed by atoms with Crippen LogP contribution < -0.4 is 21.9 Å². The molecule has 3 aromatic rings. The largest absolute Gasteiger partial charge is 0.383 e. The van der Waals surface area contributed by atoms with E-state index in [0.717, 1.165) is 11.8 Å². The molecule has 0 saturated carbocycles. The minimum absolute atomic E-state index is 0.0583. The lowest BCUT2D eigenvalue weighted by atomic mass is 10.2. The normalized spacial score (nSPS) is 11.2. The van der Waals surface area contributed by atoms with Crippen molar-refractivity contribution in [1.29, 1.82) is 0 Å². The smallest absolute Gasteiger partial charge is 0.330 e. The van der Waals surface area contributed by atoms with Crippen molar-refractivity contribution < 1.29 is 13.9 Å². The Hall–Kier alpha value is -2.81. The second kappa shape index (κ2) is 11.7. The zero-order valence-corrected chi connectivity index (χ0v) is 21.8. The van der Waals surface area contributed by atoms with Crippen LogP contribution in [0.15, 0.2) is 38.2 Å². The van der Waals surface area contributed by atoms with Crippen LogP contribution in [0.5, 0.6) is 0 Å². The van der Waals surface area contributed by atoms with E-state index < -0.39 is 17.2 Å². The molecule has 0 unspecified atom stereocenters. The first-order chi connectivity index (χ1) is 16.6.